The molecule has 5 aromatic heterocycles. The van der Waals surface area contributed by atoms with E-state index in [1.54, 1.807) is 81.1 Å². The SMILES string of the molecule is COC(=O)NC1=NCc2cc(CC(=O)N[C@H](C)c3ccccc3)ncc21.COCCOC(=O)NC1=NCc2cc(CC(=O)N[C@H](C)c3ccccc3)ncc21.COC[C@@H](NC(=O)Cc1cc2c(cn1)C(NC(=O)OC)=NC2)c1ccccc1.C[C@@H](NC(=O)Cc1cc2c(cn1)C(NC(=O)Oc1ccccc1)=NC2)c1ccccc1.Cc1ccc([C@H](CC(=O)Cc2cc3c(cn2)C(NC(=O)N2CCC2)=NC3)C(C)(C)O)cc1. The van der Waals surface area contributed by atoms with Crippen molar-refractivity contribution < 1.29 is 81.5 Å². The highest BCUT2D eigenvalue weighted by Gasteiger charge is 2.33. The van der Waals surface area contributed by atoms with Crippen LogP contribution in [0.5, 0.6) is 5.75 Å². The number of Topliss-reactive ketones (excluding diaryl/α,β-unsaturated/α-hetero) is 1. The number of alkyl carbamates (subject to hydrolysis) is 3. The number of aromatic nitrogens is 5. The van der Waals surface area contributed by atoms with Crippen LogP contribution in [0.1, 0.15) is 195 Å². The van der Waals surface area contributed by atoms with E-state index in [-0.39, 0.29) is 111 Å². The second-order valence-corrected chi connectivity index (χ2v) is 35.4. The standard InChI is InChI=1S/C25H30N4O3.C24H22N4O3.C21H24N4O4.C20H22N4O4.C19H20N4O3/c1-16-5-7-17(8-6-16)22(25(2,3)32)13-20(30)12-19-11-18-14-27-23(21(18)15-26-19)28-24(31)29-9-4-10-29;1-16(17-8-4-2-5-9-17)27-22(29)13-19-12-18-14-26-23(21(18)15-25-19)28-24(30)31-20-10-6-3-7-11-20;1-14(15-6-4-3-5-7-15)24-19(26)11-17-10-16-12-23-20(18(16)13-22-17)25-21(27)29-9-8-28-2;1-27-12-17(13-6-4-3-5-7-13)23-18(25)9-15-8-14-10-22-19(16(14)11-21-15)24-20(26)28-2;1-12(13-6-4-3-5-7-13)22-17(24)9-15-8-14-10-21-18(16(14)11-20-15)23-19(25)26-2/h5-8,11,15,22,32H,4,9-10,12-14H2,1-3H3,(H,27,28,31);2-12,15-16H,13-14H2,1H3,(H,27,29)(H,26,28,30);3-7,10,13-14H,8-9,11-12H2,1-2H3,(H,24,26)(H,23,25,27);3-8,11,17H,9-10,12H2,1-2H3,(H,23,25)(H,22,24,26);3-8,11-12H,9-10H2,1-2H3,(H,22,24)(H,21,23,25)/t22-;16-;14-;17-;12-/m01111/s1. The van der Waals surface area contributed by atoms with Crippen LogP contribution in [0, 0.1) is 6.92 Å². The van der Waals surface area contributed by atoms with Crippen LogP contribution in [0.25, 0.3) is 0 Å². The summed E-state index contributed by atoms with van der Waals surface area (Å²) in [5, 5.41) is 35.9. The van der Waals surface area contributed by atoms with E-state index < -0.39 is 30.0 Å². The molecule has 0 aliphatic carbocycles. The molecule has 6 aliphatic heterocycles. The molecule has 11 aromatic rings. The van der Waals surface area contributed by atoms with Crippen LogP contribution in [0.15, 0.2) is 262 Å². The fourth-order valence-corrected chi connectivity index (χ4v) is 16.2. The van der Waals surface area contributed by atoms with Gasteiger partial charge in [-0.1, -0.05) is 169 Å². The summed E-state index contributed by atoms with van der Waals surface area (Å²) in [5.74, 6) is 1.97. The number of ketones is 1. The Morgan fingerprint density at radius 2 is 0.705 bits per heavy atom. The summed E-state index contributed by atoms with van der Waals surface area (Å²) < 4.78 is 29.4. The molecule has 37 nitrogen and oxygen atoms in total. The molecule has 146 heavy (non-hydrogen) atoms. The summed E-state index contributed by atoms with van der Waals surface area (Å²) in [6.07, 6.45) is 7.95. The van der Waals surface area contributed by atoms with Gasteiger partial charge in [0, 0.05) is 111 Å². The summed E-state index contributed by atoms with van der Waals surface area (Å²) in [4.78, 5) is 166. The van der Waals surface area contributed by atoms with E-state index in [0.717, 1.165) is 109 Å². The Morgan fingerprint density at radius 3 is 1.04 bits per heavy atom. The van der Waals surface area contributed by atoms with Crippen LogP contribution in [0.4, 0.5) is 24.0 Å². The Hall–Kier alpha value is -16.8. The second-order valence-electron chi connectivity index (χ2n) is 35.4. The number of carbonyl (C=O) groups excluding carboxylic acids is 10. The predicted molar refractivity (Wildman–Crippen MR) is 547 cm³/mol. The van der Waals surface area contributed by atoms with Crippen molar-refractivity contribution in [1.29, 1.82) is 0 Å². The average Bonchev–Trinajstić information content (AvgIpc) is 1.80. The number of carbonyl (C=O) groups is 10. The van der Waals surface area contributed by atoms with E-state index >= 15 is 0 Å². The number of rotatable bonds is 28. The quantitative estimate of drug-likeness (QED) is 0.0161. The molecule has 0 radical (unpaired) electrons. The number of hydrogen-bond acceptors (Lipinski definition) is 27. The van der Waals surface area contributed by atoms with Gasteiger partial charge in [0.15, 0.2) is 0 Å². The molecular weight excluding hydrogens is 1860 g/mol. The Labute approximate surface area is 845 Å². The van der Waals surface area contributed by atoms with E-state index in [9.17, 15) is 53.1 Å². The molecule has 0 bridgehead atoms. The topological polar surface area (TPSA) is 484 Å². The molecule has 5 atom stereocenters. The summed E-state index contributed by atoms with van der Waals surface area (Å²) in [6, 6.07) is 64.5. The molecule has 10 N–H and O–H groups in total. The molecular formula is C109H118N20O17. The molecule has 756 valence electrons. The minimum absolute atomic E-state index is 0.0235. The summed E-state index contributed by atoms with van der Waals surface area (Å²) in [6.45, 7) is 15.9. The molecule has 6 aliphatic rings. The Morgan fingerprint density at radius 1 is 0.377 bits per heavy atom. The van der Waals surface area contributed by atoms with Crippen LogP contribution in [0.2, 0.25) is 0 Å². The zero-order valence-corrected chi connectivity index (χ0v) is 82.8. The third kappa shape index (κ3) is 31.1. The number of benzene rings is 6. The average molecular weight is 1980 g/mol. The monoisotopic (exact) mass is 1980 g/mol. The van der Waals surface area contributed by atoms with Crippen LogP contribution in [-0.2, 0) is 112 Å². The van der Waals surface area contributed by atoms with E-state index in [4.69, 9.17) is 18.9 Å². The first-order valence-electron chi connectivity index (χ1n) is 47.5. The number of urea groups is 1. The maximum Gasteiger partial charge on any atom is 0.418 e. The molecule has 11 heterocycles. The largest absolute Gasteiger partial charge is 0.453 e. The zero-order valence-electron chi connectivity index (χ0n) is 82.8. The van der Waals surface area contributed by atoms with Crippen LogP contribution < -0.4 is 52.6 Å². The van der Waals surface area contributed by atoms with Gasteiger partial charge in [-0.3, -0.25) is 100 Å². The highest BCUT2D eigenvalue weighted by molar-refractivity contribution is 6.12. The number of fused-ring (bicyclic) bond motifs is 5. The summed E-state index contributed by atoms with van der Waals surface area (Å²) in [5.41, 5.74) is 16.8. The van der Waals surface area contributed by atoms with Crippen molar-refractivity contribution >= 4 is 89.0 Å². The Kier molecular flexibility index (Phi) is 38.1. The first kappa shape index (κ1) is 107. The van der Waals surface area contributed by atoms with Crippen molar-refractivity contribution in [1.82, 2.24) is 77.7 Å². The summed E-state index contributed by atoms with van der Waals surface area (Å²) in [7, 11) is 5.72. The number of methoxy groups -OCH3 is 4. The van der Waals surface area contributed by atoms with Gasteiger partial charge in [0.25, 0.3) is 0 Å². The van der Waals surface area contributed by atoms with Crippen molar-refractivity contribution in [2.45, 2.75) is 155 Å². The number of para-hydroxylation sites is 1. The molecule has 0 spiro atoms. The maximum absolute atomic E-state index is 12.9. The Bertz CT molecular complexity index is 6630. The fourth-order valence-electron chi connectivity index (χ4n) is 16.2. The van der Waals surface area contributed by atoms with Gasteiger partial charge >= 0.3 is 30.4 Å². The van der Waals surface area contributed by atoms with Crippen molar-refractivity contribution in [2.75, 3.05) is 61.3 Å². The number of amidine groups is 5. The van der Waals surface area contributed by atoms with Crippen molar-refractivity contribution in [2.24, 2.45) is 25.0 Å². The number of aryl methyl sites for hydroxylation is 1. The van der Waals surface area contributed by atoms with E-state index in [1.807, 2.05) is 210 Å². The lowest BCUT2D eigenvalue weighted by molar-refractivity contribution is -0.122. The van der Waals surface area contributed by atoms with Gasteiger partial charge in [0.2, 0.25) is 23.6 Å². The number of amides is 10. The molecule has 37 heteroatoms. The van der Waals surface area contributed by atoms with Gasteiger partial charge in [-0.05, 0) is 146 Å². The fraction of sp³-hybridized carbons (Fsp3) is 0.303. The number of hydrogen-bond donors (Lipinski definition) is 10. The summed E-state index contributed by atoms with van der Waals surface area (Å²) >= 11 is 0. The highest BCUT2D eigenvalue weighted by atomic mass is 16.6. The minimum atomic E-state index is -1.02. The van der Waals surface area contributed by atoms with Crippen LogP contribution in [0.3, 0.4) is 0 Å². The van der Waals surface area contributed by atoms with Gasteiger partial charge in [-0.15, -0.1) is 0 Å². The molecule has 0 unspecified atom stereocenters. The van der Waals surface area contributed by atoms with Crippen LogP contribution in [-0.4, -0.2) is 191 Å². The van der Waals surface area contributed by atoms with Gasteiger partial charge in [0.1, 0.15) is 47.3 Å². The van der Waals surface area contributed by atoms with Crippen LogP contribution >= 0.6 is 0 Å². The first-order chi connectivity index (χ1) is 70.5. The lowest BCUT2D eigenvalue weighted by Gasteiger charge is -2.30. The van der Waals surface area contributed by atoms with Gasteiger partial charge in [0.05, 0.1) is 138 Å². The molecule has 10 amide bonds. The lowest BCUT2D eigenvalue weighted by Crippen LogP contribution is -2.49. The number of likely N-dealkylation sites (tertiary alicyclic amines) is 1. The smallest absolute Gasteiger partial charge is 0.418 e. The number of nitrogens with one attached hydrogen (secondary N) is 9. The van der Waals surface area contributed by atoms with Gasteiger partial charge in [-0.25, -0.2) is 24.0 Å². The molecule has 6 aromatic carbocycles. The normalized spacial score (nSPS) is 13.9. The third-order valence-corrected chi connectivity index (χ3v) is 24.1. The van der Waals surface area contributed by atoms with E-state index in [1.165, 1.54) is 21.3 Å². The minimum Gasteiger partial charge on any atom is -0.453 e. The predicted octanol–water partition coefficient (Wildman–Crippen LogP) is 12.7. The van der Waals surface area contributed by atoms with E-state index in [0.29, 0.717) is 109 Å². The number of ether oxygens (including phenoxy) is 6. The number of nitrogens with zero attached hydrogens (tertiary/aromatic N) is 11. The zero-order chi connectivity index (χ0) is 104. The number of aliphatic imine (C=N–C) groups is 5. The Balaban J connectivity index is 0.000000153. The van der Waals surface area contributed by atoms with Gasteiger partial charge < -0.3 is 59.7 Å². The number of aliphatic hydroxyl groups is 1. The first-order valence-corrected chi connectivity index (χ1v) is 47.5. The molecule has 17 rings (SSSR count). The molecule has 0 saturated carbocycles. The lowest BCUT2D eigenvalue weighted by atomic mass is 9.80. The van der Waals surface area contributed by atoms with Gasteiger partial charge in [-0.2, -0.15) is 0 Å². The van der Waals surface area contributed by atoms with Crippen molar-refractivity contribution in [3.63, 3.8) is 0 Å². The third-order valence-electron chi connectivity index (χ3n) is 24.1. The molecule has 1 saturated heterocycles. The van der Waals surface area contributed by atoms with Crippen molar-refractivity contribution in [3.8, 4) is 5.75 Å². The second kappa shape index (κ2) is 52.3. The van der Waals surface area contributed by atoms with Crippen molar-refractivity contribution in [3.05, 3.63) is 355 Å². The molecule has 1 fully saturated rings. The van der Waals surface area contributed by atoms with E-state index in [2.05, 4.69) is 107 Å². The maximum atomic E-state index is 12.9. The number of pyridine rings is 5. The highest BCUT2D eigenvalue weighted by Crippen LogP contribution is 2.34.